The summed E-state index contributed by atoms with van der Waals surface area (Å²) in [6, 6.07) is 0. The molecule has 0 aromatic carbocycles. The average Bonchev–Trinajstić information content (AvgIpc) is 2.53. The fourth-order valence-electron chi connectivity index (χ4n) is 2.38. The Labute approximate surface area is 129 Å². The topological polar surface area (TPSA) is 72.8 Å². The summed E-state index contributed by atoms with van der Waals surface area (Å²) >= 11 is 0. The van der Waals surface area contributed by atoms with Gasteiger partial charge in [-0.2, -0.15) is 0 Å². The number of ketones is 2. The second kappa shape index (κ2) is 7.87. The van der Waals surface area contributed by atoms with Crippen LogP contribution in [0.3, 0.4) is 0 Å². The molecule has 0 aliphatic heterocycles. The lowest BCUT2D eigenvalue weighted by molar-refractivity contribution is -0.126. The van der Waals surface area contributed by atoms with Crippen molar-refractivity contribution >= 4 is 11.6 Å². The smallest absolute Gasteiger partial charge is 0.195 e. The first-order chi connectivity index (χ1) is 10.6. The second-order valence-electron chi connectivity index (χ2n) is 5.25. The number of hydrogen-bond donors (Lipinski definition) is 1. The predicted molar refractivity (Wildman–Crippen MR) is 81.0 cm³/mol. The summed E-state index contributed by atoms with van der Waals surface area (Å²) < 4.78 is 10.0. The summed E-state index contributed by atoms with van der Waals surface area (Å²) in [5, 5.41) is 10.1. The molecule has 5 heteroatoms. The second-order valence-corrected chi connectivity index (χ2v) is 5.25. The molecule has 0 bridgehead atoms. The Bertz CT molecular complexity index is 553. The molecule has 0 amide bonds. The van der Waals surface area contributed by atoms with E-state index in [1.165, 1.54) is 7.11 Å². The molecule has 0 aromatic rings. The molecule has 2 atom stereocenters. The molecule has 118 valence electrons. The molecular weight excluding hydrogens is 284 g/mol. The zero-order valence-corrected chi connectivity index (χ0v) is 12.5. The summed E-state index contributed by atoms with van der Waals surface area (Å²) in [7, 11) is 1.44. The molecular formula is C17H20O5. The summed E-state index contributed by atoms with van der Waals surface area (Å²) in [4.78, 5) is 23.7. The highest BCUT2D eigenvalue weighted by Gasteiger charge is 2.27. The number of allylic oxidation sites excluding steroid dienone is 6. The van der Waals surface area contributed by atoms with Crippen molar-refractivity contribution in [2.75, 3.05) is 20.3 Å². The van der Waals surface area contributed by atoms with Gasteiger partial charge in [0.25, 0.3) is 0 Å². The first-order valence-corrected chi connectivity index (χ1v) is 7.21. The van der Waals surface area contributed by atoms with Crippen LogP contribution in [0.4, 0.5) is 0 Å². The van der Waals surface area contributed by atoms with Crippen LogP contribution in [0.1, 0.15) is 12.8 Å². The van der Waals surface area contributed by atoms with Gasteiger partial charge in [0.1, 0.15) is 13.2 Å². The number of ether oxygens (including phenoxy) is 2. The fraction of sp³-hybridized carbons (Fsp3) is 0.412. The van der Waals surface area contributed by atoms with Crippen molar-refractivity contribution in [2.24, 2.45) is 5.92 Å². The van der Waals surface area contributed by atoms with E-state index in [9.17, 15) is 14.7 Å². The summed E-state index contributed by atoms with van der Waals surface area (Å²) in [5.74, 6) is 0.0272. The van der Waals surface area contributed by atoms with Crippen LogP contribution in [0.15, 0.2) is 47.8 Å². The maximum absolute atomic E-state index is 12.4. The quantitative estimate of drug-likeness (QED) is 0.771. The number of aliphatic hydroxyl groups is 1. The first kappa shape index (κ1) is 16.4. The lowest BCUT2D eigenvalue weighted by Crippen LogP contribution is -2.26. The number of carbonyl (C=O) groups is 2. The highest BCUT2D eigenvalue weighted by atomic mass is 16.5. The van der Waals surface area contributed by atoms with E-state index in [1.54, 1.807) is 12.2 Å². The van der Waals surface area contributed by atoms with Crippen molar-refractivity contribution in [3.8, 4) is 0 Å². The zero-order chi connectivity index (χ0) is 15.9. The Morgan fingerprint density at radius 2 is 2.09 bits per heavy atom. The minimum absolute atomic E-state index is 0.00303. The van der Waals surface area contributed by atoms with Gasteiger partial charge in [0.05, 0.1) is 11.9 Å². The van der Waals surface area contributed by atoms with Crippen molar-refractivity contribution in [1.82, 2.24) is 0 Å². The molecule has 0 saturated carbocycles. The van der Waals surface area contributed by atoms with Crippen molar-refractivity contribution in [2.45, 2.75) is 18.9 Å². The third-order valence-corrected chi connectivity index (χ3v) is 3.53. The molecule has 0 saturated heterocycles. The number of Topliss-reactive ketones (excluding diaryl/α,β-unsaturated/α-hetero) is 2. The number of rotatable bonds is 7. The van der Waals surface area contributed by atoms with Gasteiger partial charge >= 0.3 is 0 Å². The first-order valence-electron chi connectivity index (χ1n) is 7.21. The van der Waals surface area contributed by atoms with Crippen LogP contribution in [-0.4, -0.2) is 43.1 Å². The van der Waals surface area contributed by atoms with Crippen LogP contribution in [0.25, 0.3) is 0 Å². The summed E-state index contributed by atoms with van der Waals surface area (Å²) in [6.45, 7) is -0.101. The van der Waals surface area contributed by atoms with Gasteiger partial charge in [-0.25, -0.2) is 0 Å². The molecule has 1 N–H and O–H groups in total. The maximum Gasteiger partial charge on any atom is 0.195 e. The van der Waals surface area contributed by atoms with Gasteiger partial charge in [-0.3, -0.25) is 9.59 Å². The van der Waals surface area contributed by atoms with E-state index < -0.39 is 6.10 Å². The molecule has 2 aliphatic carbocycles. The van der Waals surface area contributed by atoms with Crippen LogP contribution in [0.5, 0.6) is 0 Å². The molecule has 0 fully saturated rings. The molecule has 0 radical (unpaired) electrons. The van der Waals surface area contributed by atoms with E-state index in [0.29, 0.717) is 17.8 Å². The number of hydrogen-bond acceptors (Lipinski definition) is 5. The van der Waals surface area contributed by atoms with Crippen molar-refractivity contribution in [3.05, 3.63) is 47.8 Å². The van der Waals surface area contributed by atoms with E-state index in [1.807, 2.05) is 24.3 Å². The summed E-state index contributed by atoms with van der Waals surface area (Å²) in [5.41, 5.74) is 0.389. The molecule has 0 aromatic heterocycles. The van der Waals surface area contributed by atoms with Gasteiger partial charge in [0.2, 0.25) is 0 Å². The van der Waals surface area contributed by atoms with Gasteiger partial charge in [-0.05, 0) is 18.6 Å². The third kappa shape index (κ3) is 4.26. The van der Waals surface area contributed by atoms with Gasteiger partial charge in [0, 0.05) is 25.0 Å². The zero-order valence-electron chi connectivity index (χ0n) is 12.5. The summed E-state index contributed by atoms with van der Waals surface area (Å²) in [6.07, 6.45) is 10.7. The fourth-order valence-corrected chi connectivity index (χ4v) is 2.38. The van der Waals surface area contributed by atoms with E-state index in [0.717, 1.165) is 0 Å². The monoisotopic (exact) mass is 304 g/mol. The lowest BCUT2D eigenvalue weighted by Gasteiger charge is -2.22. The number of aliphatic hydroxyl groups excluding tert-OH is 1. The Morgan fingerprint density at radius 1 is 1.27 bits per heavy atom. The van der Waals surface area contributed by atoms with Crippen molar-refractivity contribution in [3.63, 3.8) is 0 Å². The minimum atomic E-state index is -0.899. The van der Waals surface area contributed by atoms with E-state index >= 15 is 0 Å². The highest BCUT2D eigenvalue weighted by molar-refractivity contribution is 5.99. The van der Waals surface area contributed by atoms with Gasteiger partial charge in [-0.15, -0.1) is 0 Å². The van der Waals surface area contributed by atoms with Crippen molar-refractivity contribution in [1.29, 1.82) is 0 Å². The van der Waals surface area contributed by atoms with Crippen LogP contribution >= 0.6 is 0 Å². The van der Waals surface area contributed by atoms with E-state index in [4.69, 9.17) is 9.47 Å². The molecule has 2 rings (SSSR count). The van der Waals surface area contributed by atoms with Gasteiger partial charge in [0.15, 0.2) is 11.6 Å². The largest absolute Gasteiger partial charge is 0.490 e. The lowest BCUT2D eigenvalue weighted by atomic mass is 9.86. The number of methoxy groups -OCH3 is 1. The van der Waals surface area contributed by atoms with Crippen LogP contribution in [-0.2, 0) is 19.1 Å². The standard InChI is InChI=1S/C17H20O5/c1-21-10-13(18)11-22-14-7-8-15(16(19)9-14)17(20)12-5-3-2-4-6-12/h2-5,7-8,12,16,19H,6,9-11H2,1H3. The van der Waals surface area contributed by atoms with E-state index in [2.05, 4.69) is 0 Å². The predicted octanol–water partition coefficient (Wildman–Crippen LogP) is 1.49. The van der Waals surface area contributed by atoms with Crippen LogP contribution in [0, 0.1) is 5.92 Å². The SMILES string of the molecule is COCC(=O)COC1=CC=C(C(=O)C2C=CC=CC2)C(O)C1. The average molecular weight is 304 g/mol. The molecule has 2 aliphatic rings. The van der Waals surface area contributed by atoms with E-state index in [-0.39, 0.29) is 37.1 Å². The third-order valence-electron chi connectivity index (χ3n) is 3.53. The van der Waals surface area contributed by atoms with Gasteiger partial charge in [-0.1, -0.05) is 24.3 Å². The number of carbonyl (C=O) groups excluding carboxylic acids is 2. The molecule has 5 nitrogen and oxygen atoms in total. The highest BCUT2D eigenvalue weighted by Crippen LogP contribution is 2.25. The van der Waals surface area contributed by atoms with Crippen LogP contribution < -0.4 is 0 Å². The Morgan fingerprint density at radius 3 is 2.73 bits per heavy atom. The maximum atomic E-state index is 12.4. The molecule has 0 heterocycles. The molecule has 0 spiro atoms. The van der Waals surface area contributed by atoms with Crippen molar-refractivity contribution < 1.29 is 24.2 Å². The van der Waals surface area contributed by atoms with Crippen LogP contribution in [0.2, 0.25) is 0 Å². The van der Waals surface area contributed by atoms with Gasteiger partial charge < -0.3 is 14.6 Å². The minimum Gasteiger partial charge on any atom is -0.490 e. The Balaban J connectivity index is 1.96. The molecule has 2 unspecified atom stereocenters. The normalized spacial score (nSPS) is 23.7. The Kier molecular flexibility index (Phi) is 5.86. The Hall–Kier alpha value is -1.98. The molecule has 22 heavy (non-hydrogen) atoms.